The van der Waals surface area contributed by atoms with Gasteiger partial charge in [0.15, 0.2) is 11.6 Å². The molecule has 0 radical (unpaired) electrons. The highest BCUT2D eigenvalue weighted by Gasteiger charge is 2.20. The normalized spacial score (nSPS) is 19.3. The molecular weight excluding hydrogens is 362 g/mol. The first-order valence-corrected chi connectivity index (χ1v) is 8.28. The van der Waals surface area contributed by atoms with E-state index < -0.39 is 11.6 Å². The van der Waals surface area contributed by atoms with Gasteiger partial charge in [-0.3, -0.25) is 4.79 Å². The van der Waals surface area contributed by atoms with Crippen LogP contribution in [0, 0.1) is 11.6 Å². The van der Waals surface area contributed by atoms with Gasteiger partial charge in [-0.15, -0.1) is 12.4 Å². The molecule has 2 N–H and O–H groups in total. The molecule has 2 atom stereocenters. The van der Waals surface area contributed by atoms with E-state index in [9.17, 15) is 13.6 Å². The minimum atomic E-state index is -0.776. The second-order valence-electron chi connectivity index (χ2n) is 6.25. The number of halogens is 3. The van der Waals surface area contributed by atoms with E-state index in [1.807, 2.05) is 0 Å². The molecule has 1 amide bonds. The van der Waals surface area contributed by atoms with Crippen molar-refractivity contribution in [3.63, 3.8) is 0 Å². The molecule has 2 aromatic rings. The van der Waals surface area contributed by atoms with Crippen LogP contribution in [0.5, 0.6) is 11.5 Å². The lowest BCUT2D eigenvalue weighted by atomic mass is 10.0. The van der Waals surface area contributed by atoms with Gasteiger partial charge in [-0.25, -0.2) is 8.78 Å². The fourth-order valence-corrected chi connectivity index (χ4v) is 2.89. The average molecular weight is 383 g/mol. The van der Waals surface area contributed by atoms with Crippen molar-refractivity contribution in [1.29, 1.82) is 0 Å². The minimum absolute atomic E-state index is 0. The highest BCUT2D eigenvalue weighted by molar-refractivity contribution is 5.94. The summed E-state index contributed by atoms with van der Waals surface area (Å²) in [6, 6.07) is 10.1. The molecule has 7 heteroatoms. The molecule has 140 valence electrons. The second-order valence-corrected chi connectivity index (χ2v) is 6.25. The number of hydrogen-bond acceptors (Lipinski definition) is 3. The molecule has 0 spiro atoms. The van der Waals surface area contributed by atoms with Gasteiger partial charge in [0.2, 0.25) is 0 Å². The fraction of sp³-hybridized carbons (Fsp3) is 0.316. The van der Waals surface area contributed by atoms with Crippen LogP contribution in [-0.2, 0) is 0 Å². The van der Waals surface area contributed by atoms with E-state index in [-0.39, 0.29) is 30.1 Å². The summed E-state index contributed by atoms with van der Waals surface area (Å²) in [4.78, 5) is 12.3. The van der Waals surface area contributed by atoms with Crippen molar-refractivity contribution in [3.05, 3.63) is 59.7 Å². The van der Waals surface area contributed by atoms with Crippen molar-refractivity contribution < 1.29 is 18.3 Å². The molecule has 2 unspecified atom stereocenters. The Labute approximate surface area is 157 Å². The Balaban J connectivity index is 0.00000243. The van der Waals surface area contributed by atoms with Crippen LogP contribution < -0.4 is 15.4 Å². The first-order chi connectivity index (χ1) is 12.0. The van der Waals surface area contributed by atoms with Gasteiger partial charge in [0.25, 0.3) is 5.91 Å². The Morgan fingerprint density at radius 1 is 1.19 bits per heavy atom. The van der Waals surface area contributed by atoms with Gasteiger partial charge in [-0.2, -0.15) is 0 Å². The van der Waals surface area contributed by atoms with E-state index in [1.165, 1.54) is 6.07 Å². The van der Waals surface area contributed by atoms with Gasteiger partial charge in [-0.1, -0.05) is 0 Å². The van der Waals surface area contributed by atoms with E-state index in [0.29, 0.717) is 17.4 Å². The van der Waals surface area contributed by atoms with E-state index >= 15 is 0 Å². The molecule has 4 nitrogen and oxygen atoms in total. The lowest BCUT2D eigenvalue weighted by Crippen LogP contribution is -2.46. The Morgan fingerprint density at radius 3 is 2.58 bits per heavy atom. The largest absolute Gasteiger partial charge is 0.454 e. The van der Waals surface area contributed by atoms with Gasteiger partial charge in [0.05, 0.1) is 0 Å². The Kier molecular flexibility index (Phi) is 6.94. The van der Waals surface area contributed by atoms with Crippen LogP contribution in [0.25, 0.3) is 0 Å². The van der Waals surface area contributed by atoms with Crippen molar-refractivity contribution >= 4 is 18.3 Å². The Bertz CT molecular complexity index is 756. The topological polar surface area (TPSA) is 50.4 Å². The number of piperidine rings is 1. The van der Waals surface area contributed by atoms with Crippen LogP contribution >= 0.6 is 12.4 Å². The molecular formula is C19H21ClF2N2O2. The third-order valence-corrected chi connectivity index (χ3v) is 4.20. The molecule has 3 rings (SSSR count). The van der Waals surface area contributed by atoms with Crippen LogP contribution in [0.3, 0.4) is 0 Å². The summed E-state index contributed by atoms with van der Waals surface area (Å²) < 4.78 is 31.9. The third-order valence-electron chi connectivity index (χ3n) is 4.20. The zero-order valence-electron chi connectivity index (χ0n) is 14.3. The van der Waals surface area contributed by atoms with E-state index in [0.717, 1.165) is 31.5 Å². The van der Waals surface area contributed by atoms with E-state index in [4.69, 9.17) is 4.74 Å². The van der Waals surface area contributed by atoms with Gasteiger partial charge in [0.1, 0.15) is 11.6 Å². The van der Waals surface area contributed by atoms with E-state index in [2.05, 4.69) is 17.6 Å². The minimum Gasteiger partial charge on any atom is -0.454 e. The number of amides is 1. The summed E-state index contributed by atoms with van der Waals surface area (Å²) in [6.45, 7) is 2.99. The molecule has 2 aromatic carbocycles. The summed E-state index contributed by atoms with van der Waals surface area (Å²) >= 11 is 0. The molecule has 1 aliphatic heterocycles. The van der Waals surface area contributed by atoms with Gasteiger partial charge in [0, 0.05) is 23.7 Å². The smallest absolute Gasteiger partial charge is 0.251 e. The summed E-state index contributed by atoms with van der Waals surface area (Å²) in [5, 5.41) is 6.37. The van der Waals surface area contributed by atoms with Gasteiger partial charge < -0.3 is 15.4 Å². The predicted octanol–water partition coefficient (Wildman–Crippen LogP) is 4.05. The van der Waals surface area contributed by atoms with Crippen molar-refractivity contribution in [3.8, 4) is 11.5 Å². The molecule has 1 saturated heterocycles. The summed E-state index contributed by atoms with van der Waals surface area (Å²) in [5.74, 6) is -1.27. The van der Waals surface area contributed by atoms with E-state index in [1.54, 1.807) is 24.3 Å². The third kappa shape index (κ3) is 5.16. The summed E-state index contributed by atoms with van der Waals surface area (Å²) in [5.41, 5.74) is 0.512. The highest BCUT2D eigenvalue weighted by Crippen LogP contribution is 2.25. The van der Waals surface area contributed by atoms with Crippen molar-refractivity contribution in [2.75, 3.05) is 6.54 Å². The monoisotopic (exact) mass is 382 g/mol. The molecule has 1 heterocycles. The lowest BCUT2D eigenvalue weighted by molar-refractivity contribution is 0.0925. The number of hydrogen-bond donors (Lipinski definition) is 2. The molecule has 1 aliphatic rings. The fourth-order valence-electron chi connectivity index (χ4n) is 2.89. The SMILES string of the molecule is CC1CC(NC(=O)c2ccc(Oc3ccc(F)cc3F)cc2)CCN1.Cl. The molecule has 0 aromatic heterocycles. The molecule has 1 fully saturated rings. The first kappa shape index (κ1) is 20.1. The number of benzene rings is 2. The van der Waals surface area contributed by atoms with Crippen molar-refractivity contribution in [2.45, 2.75) is 31.8 Å². The number of nitrogens with one attached hydrogen (secondary N) is 2. The quantitative estimate of drug-likeness (QED) is 0.838. The van der Waals surface area contributed by atoms with Gasteiger partial charge >= 0.3 is 0 Å². The summed E-state index contributed by atoms with van der Waals surface area (Å²) in [7, 11) is 0. The molecule has 0 bridgehead atoms. The number of rotatable bonds is 4. The van der Waals surface area contributed by atoms with Crippen LogP contribution in [-0.4, -0.2) is 24.5 Å². The zero-order chi connectivity index (χ0) is 17.8. The first-order valence-electron chi connectivity index (χ1n) is 8.28. The van der Waals surface area contributed by atoms with Crippen LogP contribution in [0.1, 0.15) is 30.1 Å². The van der Waals surface area contributed by atoms with Crippen LogP contribution in [0.2, 0.25) is 0 Å². The van der Waals surface area contributed by atoms with Crippen LogP contribution in [0.4, 0.5) is 8.78 Å². The maximum Gasteiger partial charge on any atom is 0.251 e. The molecule has 0 saturated carbocycles. The standard InChI is InChI=1S/C19H20F2N2O2.ClH/c1-12-10-15(8-9-22-12)23-19(24)13-2-5-16(6-3-13)25-18-7-4-14(20)11-17(18)21;/h2-7,11-12,15,22H,8-10H2,1H3,(H,23,24);1H. The lowest BCUT2D eigenvalue weighted by Gasteiger charge is -2.28. The number of carbonyl (C=O) groups excluding carboxylic acids is 1. The average Bonchev–Trinajstić information content (AvgIpc) is 2.58. The Morgan fingerprint density at radius 2 is 1.92 bits per heavy atom. The molecule has 26 heavy (non-hydrogen) atoms. The molecule has 0 aliphatic carbocycles. The zero-order valence-corrected chi connectivity index (χ0v) is 15.1. The summed E-state index contributed by atoms with van der Waals surface area (Å²) in [6.07, 6.45) is 1.80. The van der Waals surface area contributed by atoms with Crippen molar-refractivity contribution in [1.82, 2.24) is 10.6 Å². The maximum absolute atomic E-state index is 13.6. The number of carbonyl (C=O) groups is 1. The highest BCUT2D eigenvalue weighted by atomic mass is 35.5. The van der Waals surface area contributed by atoms with Crippen molar-refractivity contribution in [2.24, 2.45) is 0 Å². The second kappa shape index (κ2) is 8.96. The maximum atomic E-state index is 13.6. The number of ether oxygens (including phenoxy) is 1. The predicted molar refractivity (Wildman–Crippen MR) is 98.1 cm³/mol. The van der Waals surface area contributed by atoms with Crippen LogP contribution in [0.15, 0.2) is 42.5 Å². The Hall–Kier alpha value is -2.18. The van der Waals surface area contributed by atoms with Gasteiger partial charge in [-0.05, 0) is 62.7 Å².